The second-order valence-electron chi connectivity index (χ2n) is 12.3. The molecule has 4 aliphatic rings. The van der Waals surface area contributed by atoms with Gasteiger partial charge in [-0.2, -0.15) is 0 Å². The lowest BCUT2D eigenvalue weighted by Crippen LogP contribution is -2.62. The summed E-state index contributed by atoms with van der Waals surface area (Å²) in [5, 5.41) is 60.2. The highest BCUT2D eigenvalue weighted by Gasteiger charge is 2.59. The zero-order valence-corrected chi connectivity index (χ0v) is 20.9. The minimum atomic E-state index is -1.44. The van der Waals surface area contributed by atoms with E-state index in [9.17, 15) is 30.6 Å². The lowest BCUT2D eigenvalue weighted by atomic mass is 9.45. The van der Waals surface area contributed by atoms with Gasteiger partial charge in [-0.25, -0.2) is 0 Å². The van der Waals surface area contributed by atoms with Gasteiger partial charge in [-0.3, -0.25) is 0 Å². The van der Waals surface area contributed by atoms with Crippen LogP contribution in [0.3, 0.4) is 0 Å². The van der Waals surface area contributed by atoms with Gasteiger partial charge in [0.05, 0.1) is 25.4 Å². The van der Waals surface area contributed by atoms with Crippen molar-refractivity contribution in [2.45, 2.75) is 109 Å². The van der Waals surface area contributed by atoms with Crippen LogP contribution in [0.15, 0.2) is 11.6 Å². The van der Waals surface area contributed by atoms with Crippen molar-refractivity contribution in [2.24, 2.45) is 28.1 Å². The number of allylic oxidation sites excluding steroid dienone is 1. The SMILES string of the molecule is CC1(C)[C@@H](O[C@H]2O[C@@H](CO)[C@H](O)[C@@H](O)[C@@H]2O)CC[C@]2(C)[C@H]3CC[C@@](C)([C@H](O)CO)C=C3CC[C@@H]12. The van der Waals surface area contributed by atoms with Crippen molar-refractivity contribution in [1.82, 2.24) is 0 Å². The Morgan fingerprint density at radius 3 is 2.35 bits per heavy atom. The maximum atomic E-state index is 10.5. The molecule has 0 bridgehead atoms. The molecular formula is C26H44O8. The fourth-order valence-electron chi connectivity index (χ4n) is 7.79. The summed E-state index contributed by atoms with van der Waals surface area (Å²) in [4.78, 5) is 0. The van der Waals surface area contributed by atoms with Crippen molar-refractivity contribution in [1.29, 1.82) is 0 Å². The molecule has 4 rings (SSSR count). The zero-order valence-electron chi connectivity index (χ0n) is 20.9. The van der Waals surface area contributed by atoms with Crippen LogP contribution in [0.5, 0.6) is 0 Å². The van der Waals surface area contributed by atoms with E-state index in [0.717, 1.165) is 38.5 Å². The second kappa shape index (κ2) is 9.38. The quantitative estimate of drug-likeness (QED) is 0.252. The first-order valence-electron chi connectivity index (χ1n) is 12.9. The molecule has 2 saturated carbocycles. The van der Waals surface area contributed by atoms with Crippen LogP contribution in [0.2, 0.25) is 0 Å². The Balaban J connectivity index is 1.53. The van der Waals surface area contributed by atoms with Crippen LogP contribution in [0, 0.1) is 28.1 Å². The van der Waals surface area contributed by atoms with E-state index in [-0.39, 0.29) is 29.0 Å². The molecule has 196 valence electrons. The standard InChI is InChI=1S/C26H44O8/c1-24(2)17-6-5-14-11-25(3,18(29)13-28)9-7-15(14)26(17,4)10-8-19(24)34-23-22(32)21(31)20(30)16(12-27)33-23/h11,15-23,27-32H,5-10,12-13H2,1-4H3/t15-,16-,17-,18+,19-,20-,21+,22-,23+,25+,26+/m0/s1. The number of ether oxygens (including phenoxy) is 2. The molecule has 1 aliphatic heterocycles. The van der Waals surface area contributed by atoms with E-state index in [1.165, 1.54) is 5.57 Å². The summed E-state index contributed by atoms with van der Waals surface area (Å²) in [7, 11) is 0. The number of fused-ring (bicyclic) bond motifs is 3. The van der Waals surface area contributed by atoms with Gasteiger partial charge >= 0.3 is 0 Å². The predicted octanol–water partition coefficient (Wildman–Crippen LogP) is 1.10. The van der Waals surface area contributed by atoms with Crippen LogP contribution in [0.1, 0.15) is 66.2 Å². The summed E-state index contributed by atoms with van der Waals surface area (Å²) in [6, 6.07) is 0. The van der Waals surface area contributed by atoms with Gasteiger partial charge in [0, 0.05) is 5.41 Å². The Hall–Kier alpha value is -0.580. The van der Waals surface area contributed by atoms with Crippen molar-refractivity contribution in [3.63, 3.8) is 0 Å². The summed E-state index contributed by atoms with van der Waals surface area (Å²) >= 11 is 0. The van der Waals surface area contributed by atoms with E-state index in [0.29, 0.717) is 11.8 Å². The number of aliphatic hydroxyl groups excluding tert-OH is 6. The molecule has 8 heteroatoms. The Morgan fingerprint density at radius 1 is 1.00 bits per heavy atom. The van der Waals surface area contributed by atoms with Gasteiger partial charge in [-0.15, -0.1) is 0 Å². The molecule has 0 aromatic heterocycles. The molecule has 3 fully saturated rings. The molecule has 0 unspecified atom stereocenters. The van der Waals surface area contributed by atoms with E-state index < -0.39 is 43.4 Å². The third-order valence-electron chi connectivity index (χ3n) is 10.0. The van der Waals surface area contributed by atoms with Crippen molar-refractivity contribution >= 4 is 0 Å². The molecule has 3 aliphatic carbocycles. The normalized spacial score (nSPS) is 49.5. The highest BCUT2D eigenvalue weighted by Crippen LogP contribution is 2.64. The number of rotatable bonds is 5. The topological polar surface area (TPSA) is 140 Å². The molecular weight excluding hydrogens is 440 g/mol. The Labute approximate surface area is 202 Å². The highest BCUT2D eigenvalue weighted by atomic mass is 16.7. The van der Waals surface area contributed by atoms with Gasteiger partial charge in [-0.1, -0.05) is 39.3 Å². The fourth-order valence-corrected chi connectivity index (χ4v) is 7.79. The van der Waals surface area contributed by atoms with Crippen LogP contribution < -0.4 is 0 Å². The van der Waals surface area contributed by atoms with Gasteiger partial charge in [0.25, 0.3) is 0 Å². The van der Waals surface area contributed by atoms with E-state index in [4.69, 9.17) is 9.47 Å². The summed E-state index contributed by atoms with van der Waals surface area (Å²) in [6.45, 7) is 8.14. The highest BCUT2D eigenvalue weighted by molar-refractivity contribution is 5.25. The molecule has 11 atom stereocenters. The first-order chi connectivity index (χ1) is 15.9. The van der Waals surface area contributed by atoms with Crippen molar-refractivity contribution < 1.29 is 40.1 Å². The molecule has 0 aromatic carbocycles. The van der Waals surface area contributed by atoms with Crippen LogP contribution >= 0.6 is 0 Å². The average molecular weight is 485 g/mol. The molecule has 34 heavy (non-hydrogen) atoms. The minimum Gasteiger partial charge on any atom is -0.394 e. The second-order valence-corrected chi connectivity index (χ2v) is 12.3. The molecule has 1 saturated heterocycles. The number of hydrogen-bond donors (Lipinski definition) is 6. The summed E-state index contributed by atoms with van der Waals surface area (Å²) in [6.07, 6.45) is 0.468. The monoisotopic (exact) mass is 484 g/mol. The minimum absolute atomic E-state index is 0.0777. The van der Waals surface area contributed by atoms with Crippen LogP contribution in [0.25, 0.3) is 0 Å². The molecule has 6 N–H and O–H groups in total. The van der Waals surface area contributed by atoms with Gasteiger partial charge in [0.1, 0.15) is 24.4 Å². The first kappa shape index (κ1) is 26.5. The predicted molar refractivity (Wildman–Crippen MR) is 124 cm³/mol. The Morgan fingerprint density at radius 2 is 1.71 bits per heavy atom. The lowest BCUT2D eigenvalue weighted by molar-refractivity contribution is -0.327. The zero-order chi connectivity index (χ0) is 25.1. The Bertz CT molecular complexity index is 768. The Kier molecular flexibility index (Phi) is 7.30. The van der Waals surface area contributed by atoms with E-state index >= 15 is 0 Å². The van der Waals surface area contributed by atoms with Crippen molar-refractivity contribution in [3.8, 4) is 0 Å². The molecule has 0 amide bonds. The van der Waals surface area contributed by atoms with Crippen molar-refractivity contribution in [2.75, 3.05) is 13.2 Å². The van der Waals surface area contributed by atoms with Crippen LogP contribution in [-0.4, -0.2) is 86.8 Å². The van der Waals surface area contributed by atoms with Crippen LogP contribution in [0.4, 0.5) is 0 Å². The summed E-state index contributed by atoms with van der Waals surface area (Å²) < 4.78 is 11.9. The largest absolute Gasteiger partial charge is 0.394 e. The number of aliphatic hydroxyl groups is 6. The molecule has 0 radical (unpaired) electrons. The fraction of sp³-hybridized carbons (Fsp3) is 0.923. The molecule has 8 nitrogen and oxygen atoms in total. The average Bonchev–Trinajstić information content (AvgIpc) is 2.80. The lowest BCUT2D eigenvalue weighted by Gasteiger charge is -2.62. The molecule has 0 aromatic rings. The van der Waals surface area contributed by atoms with Crippen molar-refractivity contribution in [3.05, 3.63) is 11.6 Å². The first-order valence-corrected chi connectivity index (χ1v) is 12.9. The molecule has 1 heterocycles. The van der Waals surface area contributed by atoms with E-state index in [2.05, 4.69) is 26.8 Å². The third kappa shape index (κ3) is 4.18. The molecule has 0 spiro atoms. The smallest absolute Gasteiger partial charge is 0.186 e. The summed E-state index contributed by atoms with van der Waals surface area (Å²) in [5.41, 5.74) is 0.879. The maximum absolute atomic E-state index is 10.5. The third-order valence-corrected chi connectivity index (χ3v) is 10.0. The van der Waals surface area contributed by atoms with Gasteiger partial charge in [0.2, 0.25) is 0 Å². The maximum Gasteiger partial charge on any atom is 0.186 e. The van der Waals surface area contributed by atoms with Gasteiger partial charge < -0.3 is 40.1 Å². The van der Waals surface area contributed by atoms with E-state index in [1.54, 1.807) is 0 Å². The van der Waals surface area contributed by atoms with E-state index in [1.807, 2.05) is 6.92 Å². The van der Waals surface area contributed by atoms with Gasteiger partial charge in [-0.05, 0) is 61.2 Å². The summed E-state index contributed by atoms with van der Waals surface area (Å²) in [5.74, 6) is 0.801. The number of hydrogen-bond acceptors (Lipinski definition) is 8. The van der Waals surface area contributed by atoms with Gasteiger partial charge in [0.15, 0.2) is 6.29 Å². The van der Waals surface area contributed by atoms with Crippen LogP contribution in [-0.2, 0) is 9.47 Å².